The van der Waals surface area contributed by atoms with Crippen LogP contribution in [0.2, 0.25) is 5.02 Å². The predicted octanol–water partition coefficient (Wildman–Crippen LogP) is 5.05. The molecule has 5 rings (SSSR count). The van der Waals surface area contributed by atoms with Gasteiger partial charge >= 0.3 is 6.18 Å². The summed E-state index contributed by atoms with van der Waals surface area (Å²) in [4.78, 5) is 39.1. The average Bonchev–Trinajstić information content (AvgIpc) is 3.42. The van der Waals surface area contributed by atoms with Crippen molar-refractivity contribution in [3.05, 3.63) is 70.2 Å². The van der Waals surface area contributed by atoms with Gasteiger partial charge in [0, 0.05) is 56.9 Å². The van der Waals surface area contributed by atoms with Gasteiger partial charge in [-0.05, 0) is 42.5 Å². The number of piperidine rings is 1. The third-order valence-corrected chi connectivity index (χ3v) is 7.56. The van der Waals surface area contributed by atoms with Crippen LogP contribution < -0.4 is 9.80 Å². The molecule has 1 amide bonds. The van der Waals surface area contributed by atoms with E-state index in [0.29, 0.717) is 55.7 Å². The van der Waals surface area contributed by atoms with E-state index in [9.17, 15) is 22.8 Å². The molecule has 0 spiro atoms. The second-order valence-corrected chi connectivity index (χ2v) is 10.4. The lowest BCUT2D eigenvalue weighted by atomic mass is 10.1. The number of nitrogens with zero attached hydrogens (tertiary/aromatic N) is 5. The zero-order chi connectivity index (χ0) is 28.3. The highest BCUT2D eigenvalue weighted by Crippen LogP contribution is 2.35. The number of halogens is 4. The first-order valence-corrected chi connectivity index (χ1v) is 13.6. The van der Waals surface area contributed by atoms with Crippen LogP contribution in [0.1, 0.15) is 46.6 Å². The lowest BCUT2D eigenvalue weighted by Crippen LogP contribution is -2.49. The maximum atomic E-state index is 13.6. The number of carbonyl (C=O) groups is 2. The van der Waals surface area contributed by atoms with Gasteiger partial charge in [0.05, 0.1) is 6.42 Å². The first kappa shape index (κ1) is 27.9. The number of oxazole rings is 1. The van der Waals surface area contributed by atoms with Crippen molar-refractivity contribution >= 4 is 35.1 Å². The fourth-order valence-corrected chi connectivity index (χ4v) is 5.19. The van der Waals surface area contributed by atoms with E-state index in [0.717, 1.165) is 24.8 Å². The number of ketones is 1. The Morgan fingerprint density at radius 2 is 1.62 bits per heavy atom. The van der Waals surface area contributed by atoms with E-state index in [1.54, 1.807) is 28.0 Å². The summed E-state index contributed by atoms with van der Waals surface area (Å²) in [7, 11) is 0. The summed E-state index contributed by atoms with van der Waals surface area (Å²) in [5, 5.41) is 0.567. The SMILES string of the molecule is O=C(Cc1ccc(N2CCN(C(=O)Cc3ccccc3Cl)CC2)nc1)c1oc(N2CCCCC2)nc1C(F)(F)F. The Balaban J connectivity index is 1.19. The Labute approximate surface area is 234 Å². The number of rotatable bonds is 7. The van der Waals surface area contributed by atoms with Gasteiger partial charge in [-0.1, -0.05) is 35.9 Å². The standard InChI is InChI=1S/C28H29ClF3N5O3/c29-21-7-3-2-6-20(21)17-24(39)36-14-12-35(13-15-36)23-9-8-19(18-33-23)16-22(38)25-26(28(30,31)32)34-27(40-25)37-10-4-1-5-11-37/h2-3,6-9,18H,1,4-5,10-17H2. The highest BCUT2D eigenvalue weighted by atomic mass is 35.5. The van der Waals surface area contributed by atoms with Crippen molar-refractivity contribution in [3.63, 3.8) is 0 Å². The summed E-state index contributed by atoms with van der Waals surface area (Å²) in [5.74, 6) is -0.904. The van der Waals surface area contributed by atoms with Gasteiger partial charge in [-0.2, -0.15) is 18.2 Å². The van der Waals surface area contributed by atoms with Gasteiger partial charge in [-0.25, -0.2) is 4.98 Å². The lowest BCUT2D eigenvalue weighted by molar-refractivity contribution is -0.141. The number of hydrogen-bond acceptors (Lipinski definition) is 7. The number of amides is 1. The topological polar surface area (TPSA) is 82.8 Å². The quantitative estimate of drug-likeness (QED) is 0.365. The van der Waals surface area contributed by atoms with Gasteiger partial charge in [0.1, 0.15) is 5.82 Å². The maximum Gasteiger partial charge on any atom is 0.437 e. The molecule has 212 valence electrons. The van der Waals surface area contributed by atoms with Crippen molar-refractivity contribution in [1.82, 2.24) is 14.9 Å². The highest BCUT2D eigenvalue weighted by Gasteiger charge is 2.41. The van der Waals surface area contributed by atoms with Crippen molar-refractivity contribution < 1.29 is 27.2 Å². The Morgan fingerprint density at radius 1 is 0.900 bits per heavy atom. The molecule has 0 radical (unpaired) electrons. The summed E-state index contributed by atoms with van der Waals surface area (Å²) >= 11 is 6.18. The van der Waals surface area contributed by atoms with Crippen LogP contribution in [-0.2, 0) is 23.8 Å². The molecule has 0 atom stereocenters. The van der Waals surface area contributed by atoms with Gasteiger partial charge in [0.15, 0.2) is 5.69 Å². The number of aromatic nitrogens is 2. The van der Waals surface area contributed by atoms with Crippen LogP contribution in [0, 0.1) is 0 Å². The van der Waals surface area contributed by atoms with Gasteiger partial charge in [0.2, 0.25) is 17.5 Å². The molecular formula is C28H29ClF3N5O3. The van der Waals surface area contributed by atoms with E-state index >= 15 is 0 Å². The summed E-state index contributed by atoms with van der Waals surface area (Å²) in [5.41, 5.74) is -0.0326. The summed E-state index contributed by atoms with van der Waals surface area (Å²) in [6.07, 6.45) is -0.719. The highest BCUT2D eigenvalue weighted by molar-refractivity contribution is 6.31. The molecule has 12 heteroatoms. The molecule has 0 bridgehead atoms. The van der Waals surface area contributed by atoms with Crippen LogP contribution in [0.15, 0.2) is 47.0 Å². The number of carbonyl (C=O) groups excluding carboxylic acids is 2. The van der Waals surface area contributed by atoms with Gasteiger partial charge < -0.3 is 19.1 Å². The minimum atomic E-state index is -4.80. The van der Waals surface area contributed by atoms with Crippen molar-refractivity contribution in [2.24, 2.45) is 0 Å². The van der Waals surface area contributed by atoms with E-state index in [1.165, 1.54) is 6.20 Å². The molecule has 2 aliphatic rings. The number of anilines is 2. The minimum Gasteiger partial charge on any atom is -0.420 e. The van der Waals surface area contributed by atoms with E-state index in [4.69, 9.17) is 16.0 Å². The molecule has 4 heterocycles. The molecule has 2 fully saturated rings. The van der Waals surface area contributed by atoms with Crippen molar-refractivity contribution in [2.75, 3.05) is 49.1 Å². The maximum absolute atomic E-state index is 13.6. The minimum absolute atomic E-state index is 0.00338. The summed E-state index contributed by atoms with van der Waals surface area (Å²) < 4.78 is 46.3. The van der Waals surface area contributed by atoms with Crippen LogP contribution in [0.3, 0.4) is 0 Å². The number of alkyl halides is 3. The third kappa shape index (κ3) is 6.41. The molecule has 2 aliphatic heterocycles. The zero-order valence-corrected chi connectivity index (χ0v) is 22.5. The van der Waals surface area contributed by atoms with Crippen LogP contribution in [-0.4, -0.2) is 65.8 Å². The second-order valence-electron chi connectivity index (χ2n) is 9.98. The molecular weight excluding hydrogens is 547 g/mol. The molecule has 0 aliphatic carbocycles. The number of pyridine rings is 1. The Hall–Kier alpha value is -3.60. The average molecular weight is 576 g/mol. The largest absolute Gasteiger partial charge is 0.437 e. The fraction of sp³-hybridized carbons (Fsp3) is 0.429. The zero-order valence-electron chi connectivity index (χ0n) is 21.8. The number of piperazine rings is 1. The molecule has 3 aromatic rings. The lowest BCUT2D eigenvalue weighted by Gasteiger charge is -2.35. The summed E-state index contributed by atoms with van der Waals surface area (Å²) in [6, 6.07) is 10.5. The first-order chi connectivity index (χ1) is 19.2. The predicted molar refractivity (Wildman–Crippen MR) is 144 cm³/mol. The fourth-order valence-electron chi connectivity index (χ4n) is 4.99. The van der Waals surface area contributed by atoms with Crippen LogP contribution in [0.4, 0.5) is 25.0 Å². The second kappa shape index (κ2) is 11.9. The normalized spacial score (nSPS) is 16.4. The van der Waals surface area contributed by atoms with E-state index in [-0.39, 0.29) is 24.8 Å². The number of hydrogen-bond donors (Lipinski definition) is 0. The third-order valence-electron chi connectivity index (χ3n) is 7.19. The molecule has 40 heavy (non-hydrogen) atoms. The van der Waals surface area contributed by atoms with Crippen molar-refractivity contribution in [3.8, 4) is 0 Å². The van der Waals surface area contributed by atoms with Gasteiger partial charge in [-0.15, -0.1) is 0 Å². The molecule has 0 unspecified atom stereocenters. The van der Waals surface area contributed by atoms with Crippen LogP contribution in [0.5, 0.6) is 0 Å². The molecule has 8 nitrogen and oxygen atoms in total. The van der Waals surface area contributed by atoms with E-state index < -0.39 is 23.4 Å². The van der Waals surface area contributed by atoms with Gasteiger partial charge in [0.25, 0.3) is 6.01 Å². The van der Waals surface area contributed by atoms with E-state index in [1.807, 2.05) is 23.1 Å². The molecule has 0 N–H and O–H groups in total. The van der Waals surface area contributed by atoms with Crippen LogP contribution in [0.25, 0.3) is 0 Å². The van der Waals surface area contributed by atoms with Crippen molar-refractivity contribution in [1.29, 1.82) is 0 Å². The molecule has 2 aromatic heterocycles. The Morgan fingerprint density at radius 3 is 2.27 bits per heavy atom. The Bertz CT molecular complexity index is 1350. The van der Waals surface area contributed by atoms with E-state index in [2.05, 4.69) is 9.97 Å². The monoisotopic (exact) mass is 575 g/mol. The number of Topliss-reactive ketones (excluding diaryl/α,β-unsaturated/α-hetero) is 1. The van der Waals surface area contributed by atoms with Gasteiger partial charge in [-0.3, -0.25) is 9.59 Å². The smallest absolute Gasteiger partial charge is 0.420 e. The number of benzene rings is 1. The first-order valence-electron chi connectivity index (χ1n) is 13.3. The molecule has 0 saturated carbocycles. The molecule has 1 aromatic carbocycles. The van der Waals surface area contributed by atoms with Crippen LogP contribution >= 0.6 is 11.6 Å². The summed E-state index contributed by atoms with van der Waals surface area (Å²) in [6.45, 7) is 3.28. The van der Waals surface area contributed by atoms with Crippen molar-refractivity contribution in [2.45, 2.75) is 38.3 Å². The molecule has 2 saturated heterocycles. The Kier molecular flexibility index (Phi) is 8.30.